The average molecular weight is 348 g/mol. The van der Waals surface area contributed by atoms with Crippen LogP contribution in [0.1, 0.15) is 15.9 Å². The summed E-state index contributed by atoms with van der Waals surface area (Å²) in [5.74, 6) is 2.16. The number of nitrogens with zero attached hydrogens (tertiary/aromatic N) is 1. The van der Waals surface area contributed by atoms with Crippen LogP contribution in [0.4, 0.5) is 0 Å². The molecular formula is C20H16N2O4. The molecule has 1 aromatic heterocycles. The summed E-state index contributed by atoms with van der Waals surface area (Å²) in [4.78, 5) is 16.7. The van der Waals surface area contributed by atoms with Gasteiger partial charge in [-0.1, -0.05) is 24.3 Å². The van der Waals surface area contributed by atoms with Crippen LogP contribution in [0.25, 0.3) is 0 Å². The Kier molecular flexibility index (Phi) is 4.38. The average Bonchev–Trinajstić information content (AvgIpc) is 3.16. The van der Waals surface area contributed by atoms with Gasteiger partial charge in [0.05, 0.1) is 0 Å². The first-order valence-electron chi connectivity index (χ1n) is 8.14. The van der Waals surface area contributed by atoms with Crippen LogP contribution < -0.4 is 19.5 Å². The molecule has 1 amide bonds. The summed E-state index contributed by atoms with van der Waals surface area (Å²) in [6.45, 7) is 0.472. The molecule has 2 heterocycles. The van der Waals surface area contributed by atoms with Crippen LogP contribution in [-0.4, -0.2) is 17.7 Å². The maximum atomic E-state index is 12.4. The van der Waals surface area contributed by atoms with Gasteiger partial charge in [-0.15, -0.1) is 0 Å². The van der Waals surface area contributed by atoms with Crippen molar-refractivity contribution in [2.75, 3.05) is 6.79 Å². The molecule has 0 radical (unpaired) electrons. The molecule has 1 N–H and O–H groups in total. The molecule has 0 aliphatic carbocycles. The molecule has 0 atom stereocenters. The minimum absolute atomic E-state index is 0.177. The first-order chi connectivity index (χ1) is 12.8. The SMILES string of the molecule is O=C(NCc1cccnc1Oc1ccccc1)c1ccc2c(c1)OCO2. The van der Waals surface area contributed by atoms with E-state index in [0.717, 1.165) is 5.56 Å². The van der Waals surface area contributed by atoms with Crippen molar-refractivity contribution in [2.45, 2.75) is 6.54 Å². The van der Waals surface area contributed by atoms with E-state index in [9.17, 15) is 4.79 Å². The van der Waals surface area contributed by atoms with Crippen LogP contribution >= 0.6 is 0 Å². The Morgan fingerprint density at radius 2 is 1.88 bits per heavy atom. The van der Waals surface area contributed by atoms with Gasteiger partial charge in [-0.2, -0.15) is 0 Å². The molecule has 0 fully saturated rings. The van der Waals surface area contributed by atoms with Gasteiger partial charge in [-0.25, -0.2) is 4.98 Å². The number of amides is 1. The van der Waals surface area contributed by atoms with E-state index in [0.29, 0.717) is 35.2 Å². The highest BCUT2D eigenvalue weighted by atomic mass is 16.7. The summed E-state index contributed by atoms with van der Waals surface area (Å²) >= 11 is 0. The smallest absolute Gasteiger partial charge is 0.251 e. The molecular weight excluding hydrogens is 332 g/mol. The molecule has 1 aliphatic heterocycles. The number of benzene rings is 2. The van der Waals surface area contributed by atoms with Crippen molar-refractivity contribution in [3.63, 3.8) is 0 Å². The molecule has 1 aliphatic rings. The molecule has 0 spiro atoms. The molecule has 130 valence electrons. The zero-order valence-corrected chi connectivity index (χ0v) is 13.8. The zero-order valence-electron chi connectivity index (χ0n) is 13.8. The van der Waals surface area contributed by atoms with E-state index in [2.05, 4.69) is 10.3 Å². The van der Waals surface area contributed by atoms with Gasteiger partial charge in [0.25, 0.3) is 5.91 Å². The van der Waals surface area contributed by atoms with E-state index in [4.69, 9.17) is 14.2 Å². The van der Waals surface area contributed by atoms with Gasteiger partial charge in [0.15, 0.2) is 11.5 Å². The fourth-order valence-corrected chi connectivity index (χ4v) is 2.57. The predicted molar refractivity (Wildman–Crippen MR) is 94.5 cm³/mol. The van der Waals surface area contributed by atoms with E-state index in [-0.39, 0.29) is 12.7 Å². The number of rotatable bonds is 5. The lowest BCUT2D eigenvalue weighted by atomic mass is 10.2. The van der Waals surface area contributed by atoms with Gasteiger partial charge < -0.3 is 19.5 Å². The van der Waals surface area contributed by atoms with Crippen molar-refractivity contribution in [1.82, 2.24) is 10.3 Å². The largest absolute Gasteiger partial charge is 0.454 e. The van der Waals surface area contributed by atoms with Crippen molar-refractivity contribution >= 4 is 5.91 Å². The van der Waals surface area contributed by atoms with Gasteiger partial charge in [-0.3, -0.25) is 4.79 Å². The lowest BCUT2D eigenvalue weighted by molar-refractivity contribution is 0.0950. The summed E-state index contributed by atoms with van der Waals surface area (Å²) < 4.78 is 16.4. The van der Waals surface area contributed by atoms with E-state index >= 15 is 0 Å². The quantitative estimate of drug-likeness (QED) is 0.764. The van der Waals surface area contributed by atoms with Crippen LogP contribution in [0.2, 0.25) is 0 Å². The van der Waals surface area contributed by atoms with Gasteiger partial charge >= 0.3 is 0 Å². The van der Waals surface area contributed by atoms with Crippen LogP contribution in [0.5, 0.6) is 23.1 Å². The minimum atomic E-state index is -0.210. The second-order valence-electron chi connectivity index (χ2n) is 5.63. The second kappa shape index (κ2) is 7.14. The van der Waals surface area contributed by atoms with Crippen LogP contribution in [-0.2, 0) is 6.54 Å². The standard InChI is InChI=1S/C20H16N2O4/c23-19(14-8-9-17-18(11-14)25-13-24-17)22-12-15-5-4-10-21-20(15)26-16-6-2-1-3-7-16/h1-11H,12-13H2,(H,22,23). The Bertz CT molecular complexity index is 928. The van der Waals surface area contributed by atoms with Crippen LogP contribution in [0.3, 0.4) is 0 Å². The highest BCUT2D eigenvalue weighted by Crippen LogP contribution is 2.32. The highest BCUT2D eigenvalue weighted by molar-refractivity contribution is 5.94. The predicted octanol–water partition coefficient (Wildman–Crippen LogP) is 3.53. The molecule has 0 saturated heterocycles. The molecule has 0 unspecified atom stereocenters. The Hall–Kier alpha value is -3.54. The van der Waals surface area contributed by atoms with Crippen LogP contribution in [0, 0.1) is 0 Å². The minimum Gasteiger partial charge on any atom is -0.454 e. The number of hydrogen-bond donors (Lipinski definition) is 1. The lowest BCUT2D eigenvalue weighted by Gasteiger charge is -2.11. The molecule has 0 saturated carbocycles. The number of para-hydroxylation sites is 1. The van der Waals surface area contributed by atoms with E-state index in [1.54, 1.807) is 30.5 Å². The first-order valence-corrected chi connectivity index (χ1v) is 8.14. The maximum absolute atomic E-state index is 12.4. The third-order valence-corrected chi connectivity index (χ3v) is 3.88. The Morgan fingerprint density at radius 1 is 1.04 bits per heavy atom. The van der Waals surface area contributed by atoms with Crippen molar-refractivity contribution in [3.8, 4) is 23.1 Å². The maximum Gasteiger partial charge on any atom is 0.251 e. The Balaban J connectivity index is 1.45. The summed E-state index contributed by atoms with van der Waals surface area (Å²) in [7, 11) is 0. The van der Waals surface area contributed by atoms with Gasteiger partial charge in [0.2, 0.25) is 12.7 Å². The molecule has 6 nitrogen and oxygen atoms in total. The topological polar surface area (TPSA) is 69.7 Å². The van der Waals surface area contributed by atoms with E-state index in [1.807, 2.05) is 36.4 Å². The van der Waals surface area contributed by atoms with E-state index in [1.165, 1.54) is 0 Å². The molecule has 0 bridgehead atoms. The Morgan fingerprint density at radius 3 is 2.77 bits per heavy atom. The summed E-state index contributed by atoms with van der Waals surface area (Å²) in [5.41, 5.74) is 1.29. The molecule has 4 rings (SSSR count). The van der Waals surface area contributed by atoms with Gasteiger partial charge in [0.1, 0.15) is 5.75 Å². The molecule has 3 aromatic rings. The number of aromatic nitrogens is 1. The number of fused-ring (bicyclic) bond motifs is 1. The zero-order chi connectivity index (χ0) is 17.8. The second-order valence-corrected chi connectivity index (χ2v) is 5.63. The summed E-state index contributed by atoms with van der Waals surface area (Å²) in [5, 5.41) is 2.88. The lowest BCUT2D eigenvalue weighted by Crippen LogP contribution is -2.23. The van der Waals surface area contributed by atoms with Crippen LogP contribution in [0.15, 0.2) is 66.9 Å². The fourth-order valence-electron chi connectivity index (χ4n) is 2.57. The number of hydrogen-bond acceptors (Lipinski definition) is 5. The number of nitrogens with one attached hydrogen (secondary N) is 1. The normalized spacial score (nSPS) is 11.8. The highest BCUT2D eigenvalue weighted by Gasteiger charge is 2.16. The third kappa shape index (κ3) is 3.44. The van der Waals surface area contributed by atoms with Crippen molar-refractivity contribution in [3.05, 3.63) is 78.0 Å². The first kappa shape index (κ1) is 16.0. The van der Waals surface area contributed by atoms with Gasteiger partial charge in [-0.05, 0) is 36.4 Å². The van der Waals surface area contributed by atoms with Crippen molar-refractivity contribution in [2.24, 2.45) is 0 Å². The molecule has 6 heteroatoms. The summed E-state index contributed by atoms with van der Waals surface area (Å²) in [6, 6.07) is 18.2. The summed E-state index contributed by atoms with van der Waals surface area (Å²) in [6.07, 6.45) is 1.65. The number of carbonyl (C=O) groups is 1. The van der Waals surface area contributed by atoms with E-state index < -0.39 is 0 Å². The fraction of sp³-hybridized carbons (Fsp3) is 0.100. The number of pyridine rings is 1. The number of carbonyl (C=O) groups excluding carboxylic acids is 1. The van der Waals surface area contributed by atoms with Gasteiger partial charge in [0, 0.05) is 23.9 Å². The third-order valence-electron chi connectivity index (χ3n) is 3.88. The molecule has 2 aromatic carbocycles. The van der Waals surface area contributed by atoms with Crippen molar-refractivity contribution in [1.29, 1.82) is 0 Å². The van der Waals surface area contributed by atoms with Crippen molar-refractivity contribution < 1.29 is 19.0 Å². The Labute approximate surface area is 150 Å². The molecule has 26 heavy (non-hydrogen) atoms. The number of ether oxygens (including phenoxy) is 3. The monoisotopic (exact) mass is 348 g/mol.